The lowest BCUT2D eigenvalue weighted by atomic mass is 10.1. The fourth-order valence-corrected chi connectivity index (χ4v) is 6.46. The second kappa shape index (κ2) is 7.60. The van der Waals surface area contributed by atoms with Crippen LogP contribution in [-0.2, 0) is 16.3 Å². The Hall–Kier alpha value is -1.72. The van der Waals surface area contributed by atoms with Crippen LogP contribution in [0.15, 0.2) is 44.7 Å². The summed E-state index contributed by atoms with van der Waals surface area (Å²) in [5, 5.41) is 11.4. The van der Waals surface area contributed by atoms with E-state index in [4.69, 9.17) is 23.2 Å². The molecule has 0 spiro atoms. The fourth-order valence-electron chi connectivity index (χ4n) is 2.59. The molecule has 3 aromatic rings. The Morgan fingerprint density at radius 2 is 1.93 bits per heavy atom. The number of pyridine rings is 1. The Morgan fingerprint density at radius 1 is 1.18 bits per heavy atom. The van der Waals surface area contributed by atoms with Crippen LogP contribution in [0, 0.1) is 0 Å². The van der Waals surface area contributed by atoms with Gasteiger partial charge in [0.05, 0.1) is 25.6 Å². The summed E-state index contributed by atoms with van der Waals surface area (Å²) in [5.41, 5.74) is 1.15. The van der Waals surface area contributed by atoms with Gasteiger partial charge in [-0.25, -0.2) is 8.42 Å². The van der Waals surface area contributed by atoms with Gasteiger partial charge in [-0.05, 0) is 24.1 Å². The molecule has 0 radical (unpaired) electrons. The molecule has 2 aromatic heterocycles. The molecule has 28 heavy (non-hydrogen) atoms. The molecule has 7 nitrogen and oxygen atoms in total. The number of rotatable bonds is 4. The van der Waals surface area contributed by atoms with Crippen molar-refractivity contribution in [3.63, 3.8) is 0 Å². The van der Waals surface area contributed by atoms with Crippen molar-refractivity contribution in [3.8, 4) is 0 Å². The normalized spacial score (nSPS) is 14.6. The molecule has 0 saturated heterocycles. The molecule has 1 aliphatic rings. The van der Waals surface area contributed by atoms with Crippen LogP contribution in [0.5, 0.6) is 0 Å². The number of nitrogens with one attached hydrogen (secondary N) is 1. The van der Waals surface area contributed by atoms with Crippen molar-refractivity contribution in [2.75, 3.05) is 11.1 Å². The van der Waals surface area contributed by atoms with E-state index in [0.29, 0.717) is 31.4 Å². The zero-order chi connectivity index (χ0) is 19.9. The predicted octanol–water partition coefficient (Wildman–Crippen LogP) is 3.97. The number of amides is 1. The van der Waals surface area contributed by atoms with Gasteiger partial charge in [0, 0.05) is 18.1 Å². The molecule has 0 bridgehead atoms. The highest BCUT2D eigenvalue weighted by molar-refractivity contribution is 8.01. The van der Waals surface area contributed by atoms with Crippen molar-refractivity contribution in [2.24, 2.45) is 0 Å². The summed E-state index contributed by atoms with van der Waals surface area (Å²) in [6.45, 7) is 0. The number of aryl methyl sites for hydroxylation is 1. The first-order chi connectivity index (χ1) is 13.3. The average molecular weight is 473 g/mol. The molecule has 1 N–H and O–H groups in total. The zero-order valence-corrected chi connectivity index (χ0v) is 17.8. The second-order valence-electron chi connectivity index (χ2n) is 5.75. The number of fused-ring (bicyclic) bond motifs is 1. The van der Waals surface area contributed by atoms with E-state index < -0.39 is 15.7 Å². The number of hydrogen-bond acceptors (Lipinski definition) is 8. The Bertz CT molecular complexity index is 1180. The summed E-state index contributed by atoms with van der Waals surface area (Å²) in [6.07, 6.45) is 3.42. The molecule has 144 valence electrons. The minimum Gasteiger partial charge on any atom is -0.320 e. The van der Waals surface area contributed by atoms with E-state index in [1.54, 1.807) is 12.1 Å². The molecule has 0 saturated carbocycles. The summed E-state index contributed by atoms with van der Waals surface area (Å²) in [6, 6.07) is 4.86. The Balaban J connectivity index is 1.51. The van der Waals surface area contributed by atoms with Gasteiger partial charge in [0.1, 0.15) is 0 Å². The molecule has 0 fully saturated rings. The van der Waals surface area contributed by atoms with Crippen molar-refractivity contribution >= 4 is 67.7 Å². The van der Waals surface area contributed by atoms with Crippen LogP contribution < -0.4 is 5.32 Å². The molecule has 12 heteroatoms. The molecule has 4 rings (SSSR count). The number of hydrogen-bond donors (Lipinski definition) is 1. The van der Waals surface area contributed by atoms with Crippen molar-refractivity contribution < 1.29 is 13.2 Å². The smallest absolute Gasteiger partial charge is 0.286 e. The Kier molecular flexibility index (Phi) is 5.32. The number of halogens is 2. The summed E-state index contributed by atoms with van der Waals surface area (Å²) in [7, 11) is -3.28. The van der Waals surface area contributed by atoms with E-state index in [2.05, 4.69) is 20.5 Å². The van der Waals surface area contributed by atoms with E-state index in [0.717, 1.165) is 16.9 Å². The number of benzene rings is 1. The van der Waals surface area contributed by atoms with Crippen molar-refractivity contribution in [2.45, 2.75) is 20.6 Å². The third kappa shape index (κ3) is 3.87. The van der Waals surface area contributed by atoms with E-state index in [1.165, 1.54) is 30.2 Å². The zero-order valence-electron chi connectivity index (χ0n) is 13.8. The molecule has 1 aliphatic heterocycles. The van der Waals surface area contributed by atoms with Gasteiger partial charge >= 0.3 is 0 Å². The van der Waals surface area contributed by atoms with E-state index in [9.17, 15) is 13.2 Å². The van der Waals surface area contributed by atoms with Crippen LogP contribution in [-0.4, -0.2) is 35.3 Å². The lowest BCUT2D eigenvalue weighted by molar-refractivity contribution is 0.102. The van der Waals surface area contributed by atoms with Gasteiger partial charge in [-0.2, -0.15) is 0 Å². The van der Waals surface area contributed by atoms with Crippen LogP contribution >= 0.6 is 46.3 Å². The highest BCUT2D eigenvalue weighted by atomic mass is 35.5. The SMILES string of the molecule is O=C(Nc1ccc2c(c1)S(=O)(=O)CC2)c1nnc(Sc2c(Cl)cncc2Cl)s1. The van der Waals surface area contributed by atoms with Crippen molar-refractivity contribution in [1.29, 1.82) is 0 Å². The van der Waals surface area contributed by atoms with Crippen LogP contribution in [0.2, 0.25) is 10.0 Å². The molecule has 0 unspecified atom stereocenters. The quantitative estimate of drug-likeness (QED) is 0.612. The van der Waals surface area contributed by atoms with Gasteiger partial charge in [-0.1, -0.05) is 52.4 Å². The Morgan fingerprint density at radius 3 is 2.68 bits per heavy atom. The largest absolute Gasteiger partial charge is 0.320 e. The van der Waals surface area contributed by atoms with Gasteiger partial charge in [0.25, 0.3) is 5.91 Å². The maximum Gasteiger partial charge on any atom is 0.286 e. The lowest BCUT2D eigenvalue weighted by Crippen LogP contribution is -2.12. The number of anilines is 1. The van der Waals surface area contributed by atoms with Gasteiger partial charge in [-0.3, -0.25) is 9.78 Å². The summed E-state index contributed by atoms with van der Waals surface area (Å²) >= 11 is 14.4. The summed E-state index contributed by atoms with van der Waals surface area (Å²) in [5.74, 6) is -0.386. The number of aromatic nitrogens is 3. The molecular weight excluding hydrogens is 463 g/mol. The van der Waals surface area contributed by atoms with E-state index in [-0.39, 0.29) is 15.7 Å². The number of sulfone groups is 1. The molecule has 0 atom stereocenters. The summed E-state index contributed by atoms with van der Waals surface area (Å²) < 4.78 is 24.5. The highest BCUT2D eigenvalue weighted by Crippen LogP contribution is 2.39. The van der Waals surface area contributed by atoms with Gasteiger partial charge < -0.3 is 5.32 Å². The first-order valence-corrected chi connectivity index (χ1v) is 11.8. The van der Waals surface area contributed by atoms with E-state index in [1.807, 2.05) is 0 Å². The molecule has 3 heterocycles. The second-order valence-corrected chi connectivity index (χ2v) is 10.9. The van der Waals surface area contributed by atoms with Gasteiger partial charge in [-0.15, -0.1) is 10.2 Å². The summed E-state index contributed by atoms with van der Waals surface area (Å²) in [4.78, 5) is 17.2. The maximum absolute atomic E-state index is 12.5. The number of nitrogens with zero attached hydrogens (tertiary/aromatic N) is 3. The highest BCUT2D eigenvalue weighted by Gasteiger charge is 2.26. The van der Waals surface area contributed by atoms with Crippen LogP contribution in [0.3, 0.4) is 0 Å². The predicted molar refractivity (Wildman–Crippen MR) is 108 cm³/mol. The van der Waals surface area contributed by atoms with Crippen LogP contribution in [0.4, 0.5) is 5.69 Å². The maximum atomic E-state index is 12.5. The molecule has 1 aromatic carbocycles. The third-order valence-corrected chi connectivity index (χ3v) is 8.61. The minimum absolute atomic E-state index is 0.0941. The first kappa shape index (κ1) is 19.6. The topological polar surface area (TPSA) is 102 Å². The van der Waals surface area contributed by atoms with E-state index >= 15 is 0 Å². The Labute approximate surface area is 178 Å². The molecule has 0 aliphatic carbocycles. The number of carbonyl (C=O) groups excluding carboxylic acids is 1. The minimum atomic E-state index is -3.28. The fraction of sp³-hybridized carbons (Fsp3) is 0.125. The monoisotopic (exact) mass is 472 g/mol. The standard InChI is InChI=1S/C16H10Cl2N4O3S3/c17-10-6-19-7-11(18)13(10)26-16-22-21-15(27-16)14(23)20-9-2-1-8-3-4-28(24,25)12(8)5-9/h1-2,5-7H,3-4H2,(H,20,23). The van der Waals surface area contributed by atoms with Gasteiger partial charge in [0.15, 0.2) is 14.2 Å². The average Bonchev–Trinajstić information content (AvgIpc) is 3.23. The van der Waals surface area contributed by atoms with Gasteiger partial charge in [0.2, 0.25) is 5.01 Å². The number of carbonyl (C=O) groups is 1. The van der Waals surface area contributed by atoms with Crippen LogP contribution in [0.25, 0.3) is 0 Å². The molecular formula is C16H10Cl2N4O3S3. The molecule has 1 amide bonds. The third-order valence-electron chi connectivity index (χ3n) is 3.90. The first-order valence-electron chi connectivity index (χ1n) is 7.81. The van der Waals surface area contributed by atoms with Crippen molar-refractivity contribution in [3.05, 3.63) is 51.2 Å². The van der Waals surface area contributed by atoms with Crippen LogP contribution in [0.1, 0.15) is 15.4 Å². The van der Waals surface area contributed by atoms with Crippen molar-refractivity contribution in [1.82, 2.24) is 15.2 Å². The lowest BCUT2D eigenvalue weighted by Gasteiger charge is -2.05.